The average Bonchev–Trinajstić information content (AvgIpc) is 2.23. The molecule has 0 aliphatic carbocycles. The number of hydrogen-bond donors (Lipinski definition) is 0. The van der Waals surface area contributed by atoms with Crippen molar-refractivity contribution in [2.45, 2.75) is 19.4 Å². The summed E-state index contributed by atoms with van der Waals surface area (Å²) in [5, 5.41) is 0. The summed E-state index contributed by atoms with van der Waals surface area (Å²) in [6.45, 7) is 2.66. The SMILES string of the molecule is CC1CCOC(c2ccccc2)C1=O. The summed E-state index contributed by atoms with van der Waals surface area (Å²) in [5.74, 6) is 0.344. The number of carbonyl (C=O) groups is 1. The molecule has 0 N–H and O–H groups in total. The fourth-order valence-electron chi connectivity index (χ4n) is 1.73. The number of ether oxygens (including phenoxy) is 1. The molecular formula is C12H14O2. The Morgan fingerprint density at radius 1 is 1.29 bits per heavy atom. The van der Waals surface area contributed by atoms with E-state index < -0.39 is 0 Å². The van der Waals surface area contributed by atoms with Crippen LogP contribution < -0.4 is 0 Å². The Morgan fingerprint density at radius 3 is 2.71 bits per heavy atom. The molecule has 0 spiro atoms. The van der Waals surface area contributed by atoms with Crippen LogP contribution in [-0.4, -0.2) is 12.4 Å². The second-order valence-electron chi connectivity index (χ2n) is 3.75. The lowest BCUT2D eigenvalue weighted by Gasteiger charge is -2.26. The van der Waals surface area contributed by atoms with Gasteiger partial charge in [-0.25, -0.2) is 0 Å². The maximum Gasteiger partial charge on any atom is 0.168 e. The maximum atomic E-state index is 11.8. The number of ketones is 1. The molecule has 1 heterocycles. The lowest BCUT2D eigenvalue weighted by atomic mass is 9.92. The lowest BCUT2D eigenvalue weighted by molar-refractivity contribution is -0.141. The Morgan fingerprint density at radius 2 is 2.00 bits per heavy atom. The van der Waals surface area contributed by atoms with Gasteiger partial charge in [-0.15, -0.1) is 0 Å². The highest BCUT2D eigenvalue weighted by Gasteiger charge is 2.29. The van der Waals surface area contributed by atoms with Gasteiger partial charge < -0.3 is 4.74 Å². The van der Waals surface area contributed by atoms with E-state index in [1.54, 1.807) is 0 Å². The zero-order valence-electron chi connectivity index (χ0n) is 8.27. The van der Waals surface area contributed by atoms with Crippen LogP contribution in [0.4, 0.5) is 0 Å². The summed E-state index contributed by atoms with van der Waals surface area (Å²) in [7, 11) is 0. The minimum absolute atomic E-state index is 0.133. The molecule has 1 fully saturated rings. The highest BCUT2D eigenvalue weighted by molar-refractivity contribution is 5.86. The van der Waals surface area contributed by atoms with Crippen LogP contribution >= 0.6 is 0 Å². The summed E-state index contributed by atoms with van der Waals surface area (Å²) in [6.07, 6.45) is 0.516. The van der Waals surface area contributed by atoms with Crippen molar-refractivity contribution in [2.75, 3.05) is 6.61 Å². The molecule has 0 bridgehead atoms. The second-order valence-corrected chi connectivity index (χ2v) is 3.75. The summed E-state index contributed by atoms with van der Waals surface area (Å²) >= 11 is 0. The van der Waals surface area contributed by atoms with Gasteiger partial charge in [0, 0.05) is 12.5 Å². The van der Waals surface area contributed by atoms with Crippen molar-refractivity contribution in [2.24, 2.45) is 5.92 Å². The van der Waals surface area contributed by atoms with Gasteiger partial charge in [0.2, 0.25) is 0 Å². The monoisotopic (exact) mass is 190 g/mol. The van der Waals surface area contributed by atoms with Gasteiger partial charge in [0.25, 0.3) is 0 Å². The third-order valence-electron chi connectivity index (χ3n) is 2.68. The van der Waals surface area contributed by atoms with Crippen molar-refractivity contribution in [3.05, 3.63) is 35.9 Å². The number of carbonyl (C=O) groups excluding carboxylic acids is 1. The van der Waals surface area contributed by atoms with Gasteiger partial charge in [-0.05, 0) is 12.0 Å². The van der Waals surface area contributed by atoms with Gasteiger partial charge in [0.15, 0.2) is 5.78 Å². The molecule has 1 saturated heterocycles. The predicted molar refractivity (Wildman–Crippen MR) is 53.9 cm³/mol. The summed E-state index contributed by atoms with van der Waals surface area (Å²) < 4.78 is 5.50. The summed E-state index contributed by atoms with van der Waals surface area (Å²) in [5.41, 5.74) is 0.976. The van der Waals surface area contributed by atoms with E-state index in [1.165, 1.54) is 0 Å². The van der Waals surface area contributed by atoms with Crippen molar-refractivity contribution in [3.63, 3.8) is 0 Å². The molecule has 74 valence electrons. The molecule has 1 aliphatic rings. The molecule has 0 amide bonds. The van der Waals surface area contributed by atoms with Crippen LogP contribution in [0.5, 0.6) is 0 Å². The van der Waals surface area contributed by atoms with E-state index in [9.17, 15) is 4.79 Å². The van der Waals surface area contributed by atoms with Gasteiger partial charge in [-0.1, -0.05) is 37.3 Å². The minimum atomic E-state index is -0.333. The standard InChI is InChI=1S/C12H14O2/c1-9-7-8-14-12(11(9)13)10-5-3-2-4-6-10/h2-6,9,12H,7-8H2,1H3. The van der Waals surface area contributed by atoms with Crippen molar-refractivity contribution in [1.82, 2.24) is 0 Å². The van der Waals surface area contributed by atoms with Crippen LogP contribution in [0.1, 0.15) is 25.0 Å². The molecule has 0 radical (unpaired) electrons. The first kappa shape index (κ1) is 9.41. The molecule has 0 aromatic heterocycles. The van der Waals surface area contributed by atoms with Crippen molar-refractivity contribution >= 4 is 5.78 Å². The van der Waals surface area contributed by atoms with Gasteiger partial charge >= 0.3 is 0 Å². The van der Waals surface area contributed by atoms with Gasteiger partial charge in [-0.3, -0.25) is 4.79 Å². The number of rotatable bonds is 1. The predicted octanol–water partition coefficient (Wildman–Crippen LogP) is 2.35. The van der Waals surface area contributed by atoms with Crippen molar-refractivity contribution < 1.29 is 9.53 Å². The first-order valence-electron chi connectivity index (χ1n) is 4.99. The van der Waals surface area contributed by atoms with E-state index in [-0.39, 0.29) is 17.8 Å². The second kappa shape index (κ2) is 3.93. The van der Waals surface area contributed by atoms with Gasteiger partial charge in [-0.2, -0.15) is 0 Å². The third-order valence-corrected chi connectivity index (χ3v) is 2.68. The molecule has 2 heteroatoms. The van der Waals surface area contributed by atoms with Gasteiger partial charge in [0.05, 0.1) is 0 Å². The lowest BCUT2D eigenvalue weighted by Crippen LogP contribution is -2.29. The van der Waals surface area contributed by atoms with E-state index in [1.807, 2.05) is 37.3 Å². The molecule has 1 aliphatic heterocycles. The zero-order chi connectivity index (χ0) is 9.97. The fraction of sp³-hybridized carbons (Fsp3) is 0.417. The molecule has 1 aromatic rings. The van der Waals surface area contributed by atoms with Crippen LogP contribution in [0.25, 0.3) is 0 Å². The first-order valence-corrected chi connectivity index (χ1v) is 4.99. The summed E-state index contributed by atoms with van der Waals surface area (Å²) in [4.78, 5) is 11.8. The zero-order valence-corrected chi connectivity index (χ0v) is 8.27. The van der Waals surface area contributed by atoms with E-state index in [0.29, 0.717) is 6.61 Å². The molecule has 0 saturated carbocycles. The molecule has 14 heavy (non-hydrogen) atoms. The van der Waals surface area contributed by atoms with Crippen LogP contribution in [0, 0.1) is 5.92 Å². The van der Waals surface area contributed by atoms with Crippen LogP contribution in [0.15, 0.2) is 30.3 Å². The van der Waals surface area contributed by atoms with E-state index >= 15 is 0 Å². The van der Waals surface area contributed by atoms with Gasteiger partial charge in [0.1, 0.15) is 6.10 Å². The van der Waals surface area contributed by atoms with Crippen molar-refractivity contribution in [1.29, 1.82) is 0 Å². The molecular weight excluding hydrogens is 176 g/mol. The Balaban J connectivity index is 2.22. The highest BCUT2D eigenvalue weighted by atomic mass is 16.5. The normalized spacial score (nSPS) is 27.6. The molecule has 2 atom stereocenters. The van der Waals surface area contributed by atoms with Crippen LogP contribution in [0.3, 0.4) is 0 Å². The number of Topliss-reactive ketones (excluding diaryl/α,β-unsaturated/α-hetero) is 1. The number of hydrogen-bond acceptors (Lipinski definition) is 2. The first-order chi connectivity index (χ1) is 6.79. The number of benzene rings is 1. The smallest absolute Gasteiger partial charge is 0.168 e. The van der Waals surface area contributed by atoms with E-state index in [4.69, 9.17) is 4.74 Å². The molecule has 2 rings (SSSR count). The van der Waals surface area contributed by atoms with Crippen LogP contribution in [0.2, 0.25) is 0 Å². The van der Waals surface area contributed by atoms with E-state index in [2.05, 4.69) is 0 Å². The minimum Gasteiger partial charge on any atom is -0.366 e. The topological polar surface area (TPSA) is 26.3 Å². The molecule has 1 aromatic carbocycles. The largest absolute Gasteiger partial charge is 0.366 e. The quantitative estimate of drug-likeness (QED) is 0.679. The third kappa shape index (κ3) is 1.70. The maximum absolute atomic E-state index is 11.8. The Labute approximate surface area is 83.9 Å². The average molecular weight is 190 g/mol. The van der Waals surface area contributed by atoms with Crippen LogP contribution in [-0.2, 0) is 9.53 Å². The van der Waals surface area contributed by atoms with Crippen molar-refractivity contribution in [3.8, 4) is 0 Å². The van der Waals surface area contributed by atoms with E-state index in [0.717, 1.165) is 12.0 Å². The Kier molecular flexibility index (Phi) is 2.64. The summed E-state index contributed by atoms with van der Waals surface area (Å²) in [6, 6.07) is 9.71. The molecule has 2 unspecified atom stereocenters. The Bertz CT molecular complexity index is 318. The fourth-order valence-corrected chi connectivity index (χ4v) is 1.73. The Hall–Kier alpha value is -1.15. The molecule has 2 nitrogen and oxygen atoms in total. The highest BCUT2D eigenvalue weighted by Crippen LogP contribution is 2.27.